The first-order chi connectivity index (χ1) is 8.47. The van der Waals surface area contributed by atoms with Crippen LogP contribution in [0.4, 0.5) is 8.78 Å². The summed E-state index contributed by atoms with van der Waals surface area (Å²) in [6.07, 6.45) is 0. The van der Waals surface area contributed by atoms with Gasteiger partial charge in [0, 0.05) is 19.2 Å². The average Bonchev–Trinajstić information content (AvgIpc) is 2.28. The van der Waals surface area contributed by atoms with Gasteiger partial charge in [-0.15, -0.1) is 0 Å². The number of rotatable bonds is 7. The van der Waals surface area contributed by atoms with Gasteiger partial charge >= 0.3 is 0 Å². The molecule has 0 atom stereocenters. The maximum absolute atomic E-state index is 13.3. The zero-order valence-corrected chi connectivity index (χ0v) is 10.3. The Bertz CT molecular complexity index is 494. The Balaban J connectivity index is 2.63. The summed E-state index contributed by atoms with van der Waals surface area (Å²) in [4.78, 5) is -0.595. The van der Waals surface area contributed by atoms with Gasteiger partial charge in [-0.1, -0.05) is 0 Å². The SMILES string of the molecule is NCCOCCNS(=O)(=O)c1ccc(F)cc1F. The molecule has 0 aliphatic heterocycles. The molecule has 0 amide bonds. The minimum absolute atomic E-state index is 0.0147. The first-order valence-corrected chi connectivity index (χ1v) is 6.68. The molecule has 0 heterocycles. The maximum Gasteiger partial charge on any atom is 0.243 e. The third-order valence-electron chi connectivity index (χ3n) is 1.98. The quantitative estimate of drug-likeness (QED) is 0.700. The lowest BCUT2D eigenvalue weighted by atomic mass is 10.3. The van der Waals surface area contributed by atoms with Gasteiger partial charge in [-0.25, -0.2) is 21.9 Å². The number of nitrogens with two attached hydrogens (primary N) is 1. The lowest BCUT2D eigenvalue weighted by Gasteiger charge is -2.07. The van der Waals surface area contributed by atoms with Crippen molar-refractivity contribution < 1.29 is 21.9 Å². The van der Waals surface area contributed by atoms with Crippen molar-refractivity contribution in [1.29, 1.82) is 0 Å². The highest BCUT2D eigenvalue weighted by atomic mass is 32.2. The Hall–Kier alpha value is -1.09. The van der Waals surface area contributed by atoms with Gasteiger partial charge < -0.3 is 10.5 Å². The fourth-order valence-corrected chi connectivity index (χ4v) is 2.27. The van der Waals surface area contributed by atoms with E-state index < -0.39 is 26.6 Å². The van der Waals surface area contributed by atoms with Crippen molar-refractivity contribution in [2.75, 3.05) is 26.3 Å². The number of hydrogen-bond donors (Lipinski definition) is 2. The zero-order chi connectivity index (χ0) is 13.6. The molecule has 1 aromatic carbocycles. The molecule has 0 aliphatic rings. The molecule has 0 spiro atoms. The van der Waals surface area contributed by atoms with Crippen molar-refractivity contribution in [3.8, 4) is 0 Å². The highest BCUT2D eigenvalue weighted by Crippen LogP contribution is 2.14. The standard InChI is InChI=1S/C10H14F2N2O3S/c11-8-1-2-10(9(12)7-8)18(15,16)14-4-6-17-5-3-13/h1-2,7,14H,3-6,13H2. The van der Waals surface area contributed by atoms with Gasteiger partial charge in [0.2, 0.25) is 10.0 Å². The minimum Gasteiger partial charge on any atom is -0.379 e. The molecule has 0 aromatic heterocycles. The normalized spacial score (nSPS) is 11.7. The fourth-order valence-electron chi connectivity index (χ4n) is 1.20. The number of sulfonamides is 1. The Morgan fingerprint density at radius 2 is 2.00 bits per heavy atom. The van der Waals surface area contributed by atoms with Crippen LogP contribution in [-0.2, 0) is 14.8 Å². The lowest BCUT2D eigenvalue weighted by Crippen LogP contribution is -2.28. The van der Waals surface area contributed by atoms with E-state index in [2.05, 4.69) is 4.72 Å². The molecule has 0 unspecified atom stereocenters. The van der Waals surface area contributed by atoms with Crippen LogP contribution in [0, 0.1) is 11.6 Å². The van der Waals surface area contributed by atoms with Crippen molar-refractivity contribution in [2.24, 2.45) is 5.73 Å². The number of halogens is 2. The van der Waals surface area contributed by atoms with Crippen LogP contribution in [0.2, 0.25) is 0 Å². The average molecular weight is 280 g/mol. The van der Waals surface area contributed by atoms with E-state index in [4.69, 9.17) is 10.5 Å². The van der Waals surface area contributed by atoms with E-state index in [1.807, 2.05) is 0 Å². The van der Waals surface area contributed by atoms with E-state index in [-0.39, 0.29) is 13.2 Å². The van der Waals surface area contributed by atoms with Crippen LogP contribution in [-0.4, -0.2) is 34.7 Å². The monoisotopic (exact) mass is 280 g/mol. The smallest absolute Gasteiger partial charge is 0.243 e. The van der Waals surface area contributed by atoms with Gasteiger partial charge in [-0.3, -0.25) is 0 Å². The number of ether oxygens (including phenoxy) is 1. The summed E-state index contributed by atoms with van der Waals surface area (Å²) in [6.45, 7) is 0.754. The van der Waals surface area contributed by atoms with Crippen LogP contribution in [0.3, 0.4) is 0 Å². The predicted octanol–water partition coefficient (Wildman–Crippen LogP) is 0.218. The van der Waals surface area contributed by atoms with Crippen LogP contribution < -0.4 is 10.5 Å². The summed E-state index contributed by atoms with van der Waals surface area (Å²) in [5.41, 5.74) is 5.17. The summed E-state index contributed by atoms with van der Waals surface area (Å²) in [7, 11) is -4.00. The number of nitrogens with one attached hydrogen (secondary N) is 1. The molecular weight excluding hydrogens is 266 g/mol. The molecule has 0 aliphatic carbocycles. The molecule has 3 N–H and O–H groups in total. The molecule has 0 saturated heterocycles. The Morgan fingerprint density at radius 1 is 1.28 bits per heavy atom. The Labute approximate surface area is 104 Å². The van der Waals surface area contributed by atoms with Gasteiger partial charge in [0.1, 0.15) is 16.5 Å². The van der Waals surface area contributed by atoms with Crippen molar-refractivity contribution in [3.05, 3.63) is 29.8 Å². The fraction of sp³-hybridized carbons (Fsp3) is 0.400. The van der Waals surface area contributed by atoms with Gasteiger partial charge in [-0.05, 0) is 12.1 Å². The van der Waals surface area contributed by atoms with E-state index in [1.165, 1.54) is 0 Å². The summed E-state index contributed by atoms with van der Waals surface area (Å²) in [5.74, 6) is -1.97. The van der Waals surface area contributed by atoms with Crippen LogP contribution in [0.1, 0.15) is 0 Å². The second-order valence-corrected chi connectivity index (χ2v) is 5.11. The van der Waals surface area contributed by atoms with Gasteiger partial charge in [0.15, 0.2) is 0 Å². The van der Waals surface area contributed by atoms with Crippen LogP contribution in [0.15, 0.2) is 23.1 Å². The molecule has 1 rings (SSSR count). The third-order valence-corrected chi connectivity index (χ3v) is 3.48. The van der Waals surface area contributed by atoms with E-state index in [0.29, 0.717) is 19.2 Å². The van der Waals surface area contributed by atoms with Crippen molar-refractivity contribution in [1.82, 2.24) is 4.72 Å². The first-order valence-electron chi connectivity index (χ1n) is 5.20. The Kier molecular flexibility index (Phi) is 5.60. The van der Waals surface area contributed by atoms with Crippen LogP contribution in [0.25, 0.3) is 0 Å². The van der Waals surface area contributed by atoms with Crippen molar-refractivity contribution in [3.63, 3.8) is 0 Å². The second-order valence-electron chi connectivity index (χ2n) is 3.37. The van der Waals surface area contributed by atoms with Gasteiger partial charge in [0.05, 0.1) is 13.2 Å². The molecule has 18 heavy (non-hydrogen) atoms. The molecule has 102 valence electrons. The van der Waals surface area contributed by atoms with Crippen molar-refractivity contribution in [2.45, 2.75) is 4.90 Å². The molecular formula is C10H14F2N2O3S. The molecule has 0 bridgehead atoms. The topological polar surface area (TPSA) is 81.4 Å². The van der Waals surface area contributed by atoms with E-state index in [1.54, 1.807) is 0 Å². The van der Waals surface area contributed by atoms with Gasteiger partial charge in [0.25, 0.3) is 0 Å². The summed E-state index contributed by atoms with van der Waals surface area (Å²) in [5, 5.41) is 0. The second kappa shape index (κ2) is 6.74. The first kappa shape index (κ1) is 15.0. The molecule has 5 nitrogen and oxygen atoms in total. The summed E-state index contributed by atoms with van der Waals surface area (Å²) < 4.78 is 56.3. The van der Waals surface area contributed by atoms with E-state index in [9.17, 15) is 17.2 Å². The molecule has 8 heteroatoms. The highest BCUT2D eigenvalue weighted by molar-refractivity contribution is 7.89. The Morgan fingerprint density at radius 3 is 2.61 bits per heavy atom. The molecule has 0 fully saturated rings. The third kappa shape index (κ3) is 4.30. The molecule has 0 radical (unpaired) electrons. The zero-order valence-electron chi connectivity index (χ0n) is 9.53. The minimum atomic E-state index is -4.00. The largest absolute Gasteiger partial charge is 0.379 e. The highest BCUT2D eigenvalue weighted by Gasteiger charge is 2.18. The van der Waals surface area contributed by atoms with E-state index in [0.717, 1.165) is 12.1 Å². The number of benzene rings is 1. The summed E-state index contributed by atoms with van der Waals surface area (Å²) >= 11 is 0. The van der Waals surface area contributed by atoms with E-state index >= 15 is 0 Å². The molecule has 1 aromatic rings. The lowest BCUT2D eigenvalue weighted by molar-refractivity contribution is 0.147. The van der Waals surface area contributed by atoms with Gasteiger partial charge in [-0.2, -0.15) is 0 Å². The molecule has 0 saturated carbocycles. The van der Waals surface area contributed by atoms with Crippen LogP contribution in [0.5, 0.6) is 0 Å². The van der Waals surface area contributed by atoms with Crippen molar-refractivity contribution >= 4 is 10.0 Å². The number of hydrogen-bond acceptors (Lipinski definition) is 4. The maximum atomic E-state index is 13.3. The predicted molar refractivity (Wildman–Crippen MR) is 61.4 cm³/mol. The summed E-state index contributed by atoms with van der Waals surface area (Å²) in [6, 6.07) is 2.26. The van der Waals surface area contributed by atoms with Crippen LogP contribution >= 0.6 is 0 Å².